The lowest BCUT2D eigenvalue weighted by Crippen LogP contribution is -2.60. The van der Waals surface area contributed by atoms with Crippen molar-refractivity contribution < 1.29 is 48.6 Å². The summed E-state index contributed by atoms with van der Waals surface area (Å²) in [4.78, 5) is 90.6. The van der Waals surface area contributed by atoms with Gasteiger partial charge in [-0.15, -0.1) is 12.4 Å². The number of likely N-dealkylation sites (tertiary alicyclic amines) is 2. The van der Waals surface area contributed by atoms with E-state index in [0.717, 1.165) is 96.4 Å². The molecule has 12 rings (SSSR count). The summed E-state index contributed by atoms with van der Waals surface area (Å²) in [5.74, 6) is 0.322. The standard InChI is InChI=1S/C20H29N5O3.C13H23N3O2.C9H18N2.C7H7ClN2O.C7H4ClNO4.C3H7NO.CH4.ClH/c1-21-19(26)15-6-7-18(22-12-15)28-17-13-25(14-17)20(27)24-9-3-8-23(10-11-24)16-4-2-5-16;17-12-9-16(10-12)13(18)15-6-2-5-14(7-8-15)11-3-1-4-11;1-3-9(4-1)11-7-2-5-10-6-8-11;1-9-7(11)5-2-3-6(8)10-4-5;8-7(10)13-6-3-1-5(2-4-6)9(11)12;5-3-1-4-2-3;;/h6-7,12,16-17H,2-5,8-11,13-14H2,1H3,(H,21,26);11-12,17H,1-10H2;9-10H,1-8H2;2-4H,1H3,(H,9,11);1-4H;3-5H,1-2H2;1H4;1H. The van der Waals surface area contributed by atoms with Crippen LogP contribution in [0.1, 0.15) is 105 Å². The predicted octanol–water partition coefficient (Wildman–Crippen LogP) is 5.80. The Bertz CT molecular complexity index is 2590. The first-order valence-electron chi connectivity index (χ1n) is 30.4. The monoisotopic (exact) mass is 1290 g/mol. The number of carbonyl (C=O) groups is 5. The number of β-amino-alcohol motifs (C(OH)–C–C–N with tert-alkyl or cyclic N) is 2. The lowest BCUT2D eigenvalue weighted by atomic mass is 9.91. The highest BCUT2D eigenvalue weighted by Gasteiger charge is 2.37. The first-order chi connectivity index (χ1) is 41.6. The number of aromatic nitrogens is 2. The van der Waals surface area contributed by atoms with Gasteiger partial charge in [0, 0.05) is 153 Å². The molecule has 8 heterocycles. The molecule has 2 aromatic heterocycles. The van der Waals surface area contributed by atoms with Gasteiger partial charge in [0.05, 0.1) is 54.4 Å². The molecule has 0 radical (unpaired) electrons. The summed E-state index contributed by atoms with van der Waals surface area (Å²) in [6.07, 6.45) is 18.4. The Balaban J connectivity index is 0.000000205. The average molecular weight is 1290 g/mol. The van der Waals surface area contributed by atoms with Gasteiger partial charge in [0.15, 0.2) is 0 Å². The number of pyridine rings is 2. The van der Waals surface area contributed by atoms with Gasteiger partial charge in [-0.05, 0) is 101 Å². The lowest BCUT2D eigenvalue weighted by Gasteiger charge is -2.41. The largest absolute Gasteiger partial charge is 0.471 e. The topological polar surface area (TPSA) is 284 Å². The van der Waals surface area contributed by atoms with Gasteiger partial charge in [-0.25, -0.2) is 24.4 Å². The maximum absolute atomic E-state index is 12.8. The normalized spacial score (nSPS) is 20.2. The van der Waals surface area contributed by atoms with E-state index < -0.39 is 10.4 Å². The van der Waals surface area contributed by atoms with Crippen molar-refractivity contribution in [3.63, 3.8) is 0 Å². The third-order valence-corrected chi connectivity index (χ3v) is 17.0. The Morgan fingerprint density at radius 2 is 1.07 bits per heavy atom. The van der Waals surface area contributed by atoms with Crippen molar-refractivity contribution >= 4 is 70.6 Å². The molecule has 3 saturated carbocycles. The fraction of sp³-hybridized carbons (Fsp3) is 0.650. The summed E-state index contributed by atoms with van der Waals surface area (Å²) >= 11 is 10.4. The van der Waals surface area contributed by atoms with Gasteiger partial charge in [0.1, 0.15) is 17.0 Å². The number of rotatable bonds is 9. The molecule has 6 amide bonds. The molecule has 28 heteroatoms. The van der Waals surface area contributed by atoms with E-state index in [9.17, 15) is 39.2 Å². The van der Waals surface area contributed by atoms with Gasteiger partial charge >= 0.3 is 17.5 Å². The van der Waals surface area contributed by atoms with Crippen LogP contribution in [0.5, 0.6) is 11.6 Å². The van der Waals surface area contributed by atoms with Crippen LogP contribution < -0.4 is 30.7 Å². The number of nitrogens with one attached hydrogen (secondary N) is 4. The van der Waals surface area contributed by atoms with E-state index in [-0.39, 0.29) is 73.5 Å². The van der Waals surface area contributed by atoms with Crippen molar-refractivity contribution in [1.29, 1.82) is 0 Å². The summed E-state index contributed by atoms with van der Waals surface area (Å²) in [5, 5.41) is 39.6. The van der Waals surface area contributed by atoms with E-state index in [4.69, 9.17) is 33.0 Å². The molecule has 490 valence electrons. The molecular formula is C60H93Cl3N14O11. The number of hydrogen-bond donors (Lipinski definition) is 6. The molecule has 6 saturated heterocycles. The molecular weight excluding hydrogens is 1200 g/mol. The number of urea groups is 2. The van der Waals surface area contributed by atoms with Gasteiger partial charge in [0.2, 0.25) is 5.88 Å². The van der Waals surface area contributed by atoms with E-state index in [1.165, 1.54) is 127 Å². The molecule has 9 fully saturated rings. The molecule has 6 aliphatic heterocycles. The minimum absolute atomic E-state index is 0. The second-order valence-corrected chi connectivity index (χ2v) is 23.4. The Morgan fingerprint density at radius 3 is 1.47 bits per heavy atom. The van der Waals surface area contributed by atoms with Crippen LogP contribution in [0.25, 0.3) is 0 Å². The number of halogens is 3. The SMILES string of the molecule is C.C1CC(N2CCCNCC2)C1.CNC(=O)c1ccc(Cl)nc1.CNC(=O)c1ccc(OC2CN(C(=O)N3CCCN(C4CCC4)CC3)C2)nc1.Cl.O=C(Cl)Oc1ccc([N+](=O)[O-])cc1.O=C(N1CCCN(C2CCC2)CC1)N1CC(O)C1.OC1CNC1. The van der Waals surface area contributed by atoms with Gasteiger partial charge in [0.25, 0.3) is 17.5 Å². The summed E-state index contributed by atoms with van der Waals surface area (Å²) in [6.45, 7) is 16.5. The zero-order valence-corrected chi connectivity index (χ0v) is 52.5. The molecule has 25 nitrogen and oxygen atoms in total. The van der Waals surface area contributed by atoms with Crippen LogP contribution >= 0.6 is 35.6 Å². The molecule has 3 aliphatic carbocycles. The number of benzene rings is 1. The predicted molar refractivity (Wildman–Crippen MR) is 340 cm³/mol. The molecule has 6 N–H and O–H groups in total. The van der Waals surface area contributed by atoms with Gasteiger partial charge in [-0.1, -0.05) is 38.3 Å². The number of ether oxygens (including phenoxy) is 2. The zero-order chi connectivity index (χ0) is 61.4. The molecule has 88 heavy (non-hydrogen) atoms. The zero-order valence-electron chi connectivity index (χ0n) is 50.2. The van der Waals surface area contributed by atoms with E-state index in [1.807, 2.05) is 14.7 Å². The van der Waals surface area contributed by atoms with Crippen LogP contribution in [-0.4, -0.2) is 257 Å². The highest BCUT2D eigenvalue weighted by atomic mass is 35.5. The number of carbonyl (C=O) groups excluding carboxylic acids is 5. The van der Waals surface area contributed by atoms with E-state index in [0.29, 0.717) is 48.3 Å². The number of aliphatic hydroxyl groups excluding tert-OH is 2. The molecule has 9 aliphatic rings. The summed E-state index contributed by atoms with van der Waals surface area (Å²) in [6, 6.07) is 14.3. The Morgan fingerprint density at radius 1 is 0.591 bits per heavy atom. The fourth-order valence-electron chi connectivity index (χ4n) is 10.7. The average Bonchev–Trinajstić information content (AvgIpc) is 3.16. The highest BCUT2D eigenvalue weighted by molar-refractivity contribution is 6.61. The summed E-state index contributed by atoms with van der Waals surface area (Å²) in [5.41, 5.74) is -0.0440. The Kier molecular flexibility index (Phi) is 31.6. The third kappa shape index (κ3) is 23.3. The van der Waals surface area contributed by atoms with Gasteiger partial charge in [-0.3, -0.25) is 34.4 Å². The van der Waals surface area contributed by atoms with Gasteiger partial charge < -0.3 is 60.6 Å². The smallest absolute Gasteiger partial charge is 0.409 e. The number of nitrogens with zero attached hydrogens (tertiary/aromatic N) is 10. The third-order valence-electron chi connectivity index (χ3n) is 16.7. The number of amides is 6. The maximum Gasteiger partial charge on any atom is 0.409 e. The van der Waals surface area contributed by atoms with Crippen molar-refractivity contribution in [1.82, 2.24) is 65.5 Å². The van der Waals surface area contributed by atoms with Crippen molar-refractivity contribution in [2.75, 3.05) is 132 Å². The Labute approximate surface area is 534 Å². The number of nitro benzene ring substituents is 1. The van der Waals surface area contributed by atoms with Gasteiger partial charge in [-0.2, -0.15) is 0 Å². The highest BCUT2D eigenvalue weighted by Crippen LogP contribution is 2.28. The fourth-order valence-corrected chi connectivity index (χ4v) is 10.9. The molecule has 0 atom stereocenters. The molecule has 3 aromatic rings. The van der Waals surface area contributed by atoms with Crippen molar-refractivity contribution in [3.8, 4) is 11.6 Å². The molecule has 1 aromatic carbocycles. The van der Waals surface area contributed by atoms with Crippen LogP contribution in [0.3, 0.4) is 0 Å². The van der Waals surface area contributed by atoms with Crippen molar-refractivity contribution in [3.05, 3.63) is 87.3 Å². The van der Waals surface area contributed by atoms with Crippen LogP contribution in [0, 0.1) is 10.1 Å². The second-order valence-electron chi connectivity index (χ2n) is 22.7. The summed E-state index contributed by atoms with van der Waals surface area (Å²) < 4.78 is 10.3. The second kappa shape index (κ2) is 38.1. The maximum atomic E-state index is 12.8. The van der Waals surface area contributed by atoms with Crippen LogP contribution in [0.2, 0.25) is 5.15 Å². The van der Waals surface area contributed by atoms with Crippen molar-refractivity contribution in [2.24, 2.45) is 0 Å². The summed E-state index contributed by atoms with van der Waals surface area (Å²) in [7, 11) is 3.15. The quantitative estimate of drug-likeness (QED) is 0.0639. The molecule has 0 spiro atoms. The van der Waals surface area contributed by atoms with Crippen molar-refractivity contribution in [2.45, 2.75) is 121 Å². The number of nitro groups is 1. The van der Waals surface area contributed by atoms with E-state index >= 15 is 0 Å². The number of non-ortho nitro benzene ring substituents is 1. The number of hydrogen-bond acceptors (Lipinski definition) is 18. The minimum atomic E-state index is -0.978. The lowest BCUT2D eigenvalue weighted by molar-refractivity contribution is -0.384. The first kappa shape index (κ1) is 73.0. The van der Waals surface area contributed by atoms with Crippen LogP contribution in [-0.2, 0) is 0 Å². The number of aliphatic hydroxyl groups is 2. The molecule has 0 unspecified atom stereocenters. The van der Waals surface area contributed by atoms with Crippen LogP contribution in [0.15, 0.2) is 60.9 Å². The van der Waals surface area contributed by atoms with E-state index in [1.54, 1.807) is 43.3 Å². The van der Waals surface area contributed by atoms with Crippen LogP contribution in [0.4, 0.5) is 20.1 Å². The minimum Gasteiger partial charge on any atom is -0.471 e. The van der Waals surface area contributed by atoms with E-state index in [2.05, 4.69) is 50.7 Å². The first-order valence-corrected chi connectivity index (χ1v) is 31.2. The molecule has 0 bridgehead atoms. The Hall–Kier alpha value is -5.74.